The summed E-state index contributed by atoms with van der Waals surface area (Å²) < 4.78 is 13.2. The van der Waals surface area contributed by atoms with Crippen LogP contribution in [-0.2, 0) is 0 Å². The quantitative estimate of drug-likeness (QED) is 0.814. The summed E-state index contributed by atoms with van der Waals surface area (Å²) in [7, 11) is 0. The molecule has 1 heterocycles. The molecule has 1 N–H and O–H groups in total. The molecule has 1 aliphatic heterocycles. The van der Waals surface area contributed by atoms with Gasteiger partial charge in [-0.15, -0.1) is 11.8 Å². The topological polar surface area (TPSA) is 35.8 Å². The van der Waals surface area contributed by atoms with Crippen LogP contribution in [0.3, 0.4) is 0 Å². The molecule has 2 nitrogen and oxygen atoms in total. The van der Waals surface area contributed by atoms with E-state index in [0.717, 1.165) is 17.7 Å². The van der Waals surface area contributed by atoms with Crippen molar-refractivity contribution >= 4 is 11.8 Å². The molecule has 0 aromatic heterocycles. The number of benzene rings is 1. The second-order valence-electron chi connectivity index (χ2n) is 3.96. The number of nitrogens with zero attached hydrogens (tertiary/aromatic N) is 1. The Morgan fingerprint density at radius 1 is 1.56 bits per heavy atom. The fourth-order valence-electron chi connectivity index (χ4n) is 1.74. The SMILES string of the molecule is CC1CCSC(c2ccc(F)c(C#N)c2)N1. The first-order valence-corrected chi connectivity index (χ1v) is 6.33. The van der Waals surface area contributed by atoms with E-state index in [2.05, 4.69) is 12.2 Å². The number of hydrogen-bond acceptors (Lipinski definition) is 3. The minimum Gasteiger partial charge on any atom is -0.299 e. The summed E-state index contributed by atoms with van der Waals surface area (Å²) in [6, 6.07) is 7.10. The number of hydrogen-bond donors (Lipinski definition) is 1. The lowest BCUT2D eigenvalue weighted by Crippen LogP contribution is -2.33. The first-order valence-electron chi connectivity index (χ1n) is 5.28. The fourth-order valence-corrected chi connectivity index (χ4v) is 3.13. The Morgan fingerprint density at radius 3 is 3.06 bits per heavy atom. The second kappa shape index (κ2) is 4.86. The van der Waals surface area contributed by atoms with Crippen LogP contribution in [0.4, 0.5) is 4.39 Å². The molecule has 1 aromatic rings. The normalized spacial score (nSPS) is 25.1. The van der Waals surface area contributed by atoms with Crippen molar-refractivity contribution < 1.29 is 4.39 Å². The highest BCUT2D eigenvalue weighted by molar-refractivity contribution is 7.99. The summed E-state index contributed by atoms with van der Waals surface area (Å²) in [6.45, 7) is 2.14. The van der Waals surface area contributed by atoms with Gasteiger partial charge in [0.25, 0.3) is 0 Å². The summed E-state index contributed by atoms with van der Waals surface area (Å²) in [5, 5.41) is 12.4. The Bertz CT molecular complexity index is 428. The van der Waals surface area contributed by atoms with E-state index in [0.29, 0.717) is 6.04 Å². The van der Waals surface area contributed by atoms with E-state index in [1.165, 1.54) is 6.07 Å². The number of halogens is 1. The third-order valence-corrected chi connectivity index (χ3v) is 3.90. The zero-order valence-corrected chi connectivity index (χ0v) is 9.85. The van der Waals surface area contributed by atoms with Gasteiger partial charge < -0.3 is 0 Å². The molecule has 0 aliphatic carbocycles. The van der Waals surface area contributed by atoms with E-state index in [9.17, 15) is 4.39 Å². The number of nitrogens with one attached hydrogen (secondary N) is 1. The maximum Gasteiger partial charge on any atom is 0.140 e. The Balaban J connectivity index is 2.24. The fraction of sp³-hybridized carbons (Fsp3) is 0.417. The van der Waals surface area contributed by atoms with Gasteiger partial charge in [0, 0.05) is 6.04 Å². The van der Waals surface area contributed by atoms with Gasteiger partial charge in [0.2, 0.25) is 0 Å². The van der Waals surface area contributed by atoms with Crippen LogP contribution in [0, 0.1) is 17.1 Å². The van der Waals surface area contributed by atoms with Crippen molar-refractivity contribution in [3.63, 3.8) is 0 Å². The minimum absolute atomic E-state index is 0.123. The molecular weight excluding hydrogens is 223 g/mol. The molecule has 0 radical (unpaired) electrons. The van der Waals surface area contributed by atoms with Crippen LogP contribution in [0.2, 0.25) is 0 Å². The van der Waals surface area contributed by atoms with Gasteiger partial charge in [-0.2, -0.15) is 5.26 Å². The lowest BCUT2D eigenvalue weighted by atomic mass is 10.1. The van der Waals surface area contributed by atoms with Gasteiger partial charge in [-0.25, -0.2) is 4.39 Å². The smallest absolute Gasteiger partial charge is 0.140 e. The lowest BCUT2D eigenvalue weighted by molar-refractivity contribution is 0.511. The first-order chi connectivity index (χ1) is 7.70. The monoisotopic (exact) mass is 236 g/mol. The van der Waals surface area contributed by atoms with Crippen LogP contribution >= 0.6 is 11.8 Å². The number of thioether (sulfide) groups is 1. The molecule has 4 heteroatoms. The van der Waals surface area contributed by atoms with E-state index in [4.69, 9.17) is 5.26 Å². The average Bonchev–Trinajstić information content (AvgIpc) is 2.29. The van der Waals surface area contributed by atoms with Crippen LogP contribution in [0.1, 0.15) is 29.8 Å². The molecule has 1 aromatic carbocycles. The maximum absolute atomic E-state index is 13.2. The summed E-state index contributed by atoms with van der Waals surface area (Å²) in [4.78, 5) is 0. The Labute approximate surface area is 98.8 Å². The van der Waals surface area contributed by atoms with Crippen molar-refractivity contribution in [3.05, 3.63) is 35.1 Å². The molecule has 16 heavy (non-hydrogen) atoms. The number of nitriles is 1. The van der Waals surface area contributed by atoms with Crippen molar-refractivity contribution in [2.75, 3.05) is 5.75 Å². The van der Waals surface area contributed by atoms with Gasteiger partial charge in [0.1, 0.15) is 11.9 Å². The molecule has 0 amide bonds. The molecule has 0 saturated carbocycles. The van der Waals surface area contributed by atoms with Gasteiger partial charge in [0.15, 0.2) is 0 Å². The average molecular weight is 236 g/mol. The van der Waals surface area contributed by atoms with Gasteiger partial charge >= 0.3 is 0 Å². The molecule has 84 valence electrons. The van der Waals surface area contributed by atoms with E-state index in [-0.39, 0.29) is 10.9 Å². The molecular formula is C12H13FN2S. The highest BCUT2D eigenvalue weighted by Gasteiger charge is 2.20. The molecule has 1 saturated heterocycles. The second-order valence-corrected chi connectivity index (χ2v) is 5.17. The largest absolute Gasteiger partial charge is 0.299 e. The summed E-state index contributed by atoms with van der Waals surface area (Å²) in [5.74, 6) is 0.651. The lowest BCUT2D eigenvalue weighted by Gasteiger charge is -2.28. The van der Waals surface area contributed by atoms with Crippen molar-refractivity contribution in [3.8, 4) is 6.07 Å². The highest BCUT2D eigenvalue weighted by atomic mass is 32.2. The van der Waals surface area contributed by atoms with Gasteiger partial charge in [-0.3, -0.25) is 5.32 Å². The zero-order chi connectivity index (χ0) is 11.5. The van der Waals surface area contributed by atoms with Gasteiger partial charge in [-0.1, -0.05) is 6.07 Å². The third kappa shape index (κ3) is 2.37. The molecule has 0 spiro atoms. The van der Waals surface area contributed by atoms with E-state index < -0.39 is 5.82 Å². The standard InChI is InChI=1S/C12H13FN2S/c1-8-4-5-16-12(15-8)9-2-3-11(13)10(6-9)7-14/h2-3,6,8,12,15H,4-5H2,1H3. The van der Waals surface area contributed by atoms with Gasteiger partial charge in [-0.05, 0) is 36.8 Å². The molecule has 0 bridgehead atoms. The third-order valence-electron chi connectivity index (χ3n) is 2.68. The molecule has 2 atom stereocenters. The molecule has 1 aliphatic rings. The summed E-state index contributed by atoms with van der Waals surface area (Å²) in [5.41, 5.74) is 1.10. The minimum atomic E-state index is -0.444. The Morgan fingerprint density at radius 2 is 2.38 bits per heavy atom. The van der Waals surface area contributed by atoms with Crippen molar-refractivity contribution in [1.82, 2.24) is 5.32 Å². The van der Waals surface area contributed by atoms with E-state index >= 15 is 0 Å². The van der Waals surface area contributed by atoms with Crippen LogP contribution < -0.4 is 5.32 Å². The summed E-state index contributed by atoms with van der Waals surface area (Å²) in [6.07, 6.45) is 1.15. The van der Waals surface area contributed by atoms with Crippen LogP contribution in [-0.4, -0.2) is 11.8 Å². The molecule has 2 unspecified atom stereocenters. The zero-order valence-electron chi connectivity index (χ0n) is 9.03. The molecule has 2 rings (SSSR count). The molecule has 1 fully saturated rings. The Hall–Kier alpha value is -1.05. The van der Waals surface area contributed by atoms with Crippen LogP contribution in [0.5, 0.6) is 0 Å². The Kier molecular flexibility index (Phi) is 3.47. The van der Waals surface area contributed by atoms with E-state index in [1.807, 2.05) is 6.07 Å². The summed E-state index contributed by atoms with van der Waals surface area (Å²) >= 11 is 1.80. The first kappa shape index (κ1) is 11.4. The predicted octanol–water partition coefficient (Wildman–Crippen LogP) is 2.81. The van der Waals surface area contributed by atoms with Crippen LogP contribution in [0.15, 0.2) is 18.2 Å². The van der Waals surface area contributed by atoms with Crippen molar-refractivity contribution in [2.45, 2.75) is 24.8 Å². The number of rotatable bonds is 1. The van der Waals surface area contributed by atoms with Crippen molar-refractivity contribution in [1.29, 1.82) is 5.26 Å². The van der Waals surface area contributed by atoms with Crippen molar-refractivity contribution in [2.24, 2.45) is 0 Å². The van der Waals surface area contributed by atoms with Gasteiger partial charge in [0.05, 0.1) is 10.9 Å². The van der Waals surface area contributed by atoms with Crippen LogP contribution in [0.25, 0.3) is 0 Å². The maximum atomic E-state index is 13.2. The van der Waals surface area contributed by atoms with E-state index in [1.54, 1.807) is 23.9 Å². The predicted molar refractivity (Wildman–Crippen MR) is 63.5 cm³/mol. The highest BCUT2D eigenvalue weighted by Crippen LogP contribution is 2.32.